The number of nitrogens with zero attached hydrogens (tertiary/aromatic N) is 2. The van der Waals surface area contributed by atoms with Crippen LogP contribution in [0.4, 0.5) is 13.2 Å². The lowest BCUT2D eigenvalue weighted by atomic mass is 10.2. The zero-order valence-corrected chi connectivity index (χ0v) is 9.71. The summed E-state index contributed by atoms with van der Waals surface area (Å²) in [6.45, 7) is 2.10. The zero-order valence-electron chi connectivity index (χ0n) is 9.71. The Morgan fingerprint density at radius 1 is 1.50 bits per heavy atom. The van der Waals surface area contributed by atoms with Gasteiger partial charge in [0, 0.05) is 12.7 Å². The van der Waals surface area contributed by atoms with Crippen LogP contribution in [-0.4, -0.2) is 29.0 Å². The number of aromatic nitrogens is 2. The van der Waals surface area contributed by atoms with Gasteiger partial charge in [-0.1, -0.05) is 0 Å². The number of amides is 1. The maximum atomic E-state index is 12.3. The Kier molecular flexibility index (Phi) is 4.60. The van der Waals surface area contributed by atoms with Crippen molar-refractivity contribution in [3.63, 3.8) is 0 Å². The normalized spacial score (nSPS) is 11.4. The first-order valence-corrected chi connectivity index (χ1v) is 5.25. The second-order valence-electron chi connectivity index (χ2n) is 3.59. The van der Waals surface area contributed by atoms with Gasteiger partial charge in [0.25, 0.3) is 5.91 Å². The van der Waals surface area contributed by atoms with Crippen LogP contribution in [0.5, 0.6) is 0 Å². The van der Waals surface area contributed by atoms with Crippen molar-refractivity contribution in [2.75, 3.05) is 13.1 Å². The van der Waals surface area contributed by atoms with Crippen LogP contribution in [-0.2, 0) is 6.18 Å². The summed E-state index contributed by atoms with van der Waals surface area (Å²) in [5.74, 6) is -1.76. The second-order valence-corrected chi connectivity index (χ2v) is 3.59. The van der Waals surface area contributed by atoms with E-state index in [0.29, 0.717) is 19.5 Å². The molecule has 0 aliphatic carbocycles. The molecule has 1 rings (SSSR count). The first-order chi connectivity index (χ1) is 8.36. The SMILES string of the molecule is Cc1nc(C(F)(F)F)ncc1C(=O)NCCCN. The van der Waals surface area contributed by atoms with E-state index in [0.717, 1.165) is 6.20 Å². The molecule has 0 spiro atoms. The average molecular weight is 262 g/mol. The minimum atomic E-state index is -4.61. The maximum Gasteiger partial charge on any atom is 0.451 e. The largest absolute Gasteiger partial charge is 0.451 e. The lowest BCUT2D eigenvalue weighted by Gasteiger charge is -2.09. The third kappa shape index (κ3) is 3.66. The van der Waals surface area contributed by atoms with Gasteiger partial charge >= 0.3 is 6.18 Å². The summed E-state index contributed by atoms with van der Waals surface area (Å²) in [5, 5.41) is 2.52. The molecule has 0 saturated heterocycles. The van der Waals surface area contributed by atoms with E-state index in [-0.39, 0.29) is 11.3 Å². The van der Waals surface area contributed by atoms with Crippen molar-refractivity contribution in [2.45, 2.75) is 19.5 Å². The maximum absolute atomic E-state index is 12.3. The lowest BCUT2D eigenvalue weighted by Crippen LogP contribution is -2.27. The molecular weight excluding hydrogens is 249 g/mol. The van der Waals surface area contributed by atoms with E-state index >= 15 is 0 Å². The molecule has 18 heavy (non-hydrogen) atoms. The molecular formula is C10H13F3N4O. The van der Waals surface area contributed by atoms with Crippen molar-refractivity contribution in [3.8, 4) is 0 Å². The number of nitrogens with two attached hydrogens (primary N) is 1. The van der Waals surface area contributed by atoms with E-state index in [1.807, 2.05) is 0 Å². The fourth-order valence-corrected chi connectivity index (χ4v) is 1.23. The van der Waals surface area contributed by atoms with Crippen LogP contribution >= 0.6 is 0 Å². The summed E-state index contributed by atoms with van der Waals surface area (Å²) in [6.07, 6.45) is -3.14. The molecule has 1 amide bonds. The van der Waals surface area contributed by atoms with Gasteiger partial charge in [-0.05, 0) is 19.9 Å². The monoisotopic (exact) mass is 262 g/mol. The number of rotatable bonds is 4. The van der Waals surface area contributed by atoms with E-state index in [4.69, 9.17) is 5.73 Å². The number of nitrogens with one attached hydrogen (secondary N) is 1. The highest BCUT2D eigenvalue weighted by atomic mass is 19.4. The molecule has 0 aromatic carbocycles. The van der Waals surface area contributed by atoms with Gasteiger partial charge in [0.05, 0.1) is 11.3 Å². The fraction of sp³-hybridized carbons (Fsp3) is 0.500. The average Bonchev–Trinajstić information content (AvgIpc) is 2.27. The van der Waals surface area contributed by atoms with Gasteiger partial charge in [-0.25, -0.2) is 9.97 Å². The Hall–Kier alpha value is -1.70. The van der Waals surface area contributed by atoms with Gasteiger partial charge in [-0.15, -0.1) is 0 Å². The van der Waals surface area contributed by atoms with Gasteiger partial charge in [0.15, 0.2) is 0 Å². The second kappa shape index (κ2) is 5.76. The van der Waals surface area contributed by atoms with Crippen LogP contribution in [0, 0.1) is 6.92 Å². The summed E-state index contributed by atoms with van der Waals surface area (Å²) in [7, 11) is 0. The number of halogens is 3. The van der Waals surface area contributed by atoms with Crippen molar-refractivity contribution in [1.29, 1.82) is 0 Å². The number of hydrogen-bond donors (Lipinski definition) is 2. The fourth-order valence-electron chi connectivity index (χ4n) is 1.23. The van der Waals surface area contributed by atoms with Crippen LogP contribution in [0.1, 0.15) is 28.3 Å². The van der Waals surface area contributed by atoms with E-state index < -0.39 is 17.9 Å². The van der Waals surface area contributed by atoms with Crippen LogP contribution < -0.4 is 11.1 Å². The molecule has 1 aromatic rings. The predicted molar refractivity (Wildman–Crippen MR) is 57.8 cm³/mol. The Labute approximate surface area is 102 Å². The van der Waals surface area contributed by atoms with Crippen LogP contribution in [0.15, 0.2) is 6.20 Å². The minimum absolute atomic E-state index is 0.0115. The van der Waals surface area contributed by atoms with Crippen molar-refractivity contribution in [3.05, 3.63) is 23.3 Å². The molecule has 0 fully saturated rings. The van der Waals surface area contributed by atoms with Crippen LogP contribution in [0.2, 0.25) is 0 Å². The summed E-state index contributed by atoms with van der Waals surface area (Å²) < 4.78 is 36.9. The number of alkyl halides is 3. The van der Waals surface area contributed by atoms with E-state index in [1.165, 1.54) is 6.92 Å². The molecule has 1 heterocycles. The summed E-state index contributed by atoms with van der Waals surface area (Å²) in [5.41, 5.74) is 5.27. The Bertz CT molecular complexity index is 434. The quantitative estimate of drug-likeness (QED) is 0.789. The molecule has 0 atom stereocenters. The number of carbonyl (C=O) groups is 1. The lowest BCUT2D eigenvalue weighted by molar-refractivity contribution is -0.145. The zero-order chi connectivity index (χ0) is 13.8. The minimum Gasteiger partial charge on any atom is -0.352 e. The molecule has 8 heteroatoms. The van der Waals surface area contributed by atoms with E-state index in [9.17, 15) is 18.0 Å². The number of hydrogen-bond acceptors (Lipinski definition) is 4. The first-order valence-electron chi connectivity index (χ1n) is 5.25. The standard InChI is InChI=1S/C10H13F3N4O/c1-6-7(8(18)15-4-2-3-14)5-16-9(17-6)10(11,12)13/h5H,2-4,14H2,1H3,(H,15,18). The third-order valence-corrected chi connectivity index (χ3v) is 2.14. The molecule has 0 unspecified atom stereocenters. The Morgan fingerprint density at radius 3 is 2.67 bits per heavy atom. The van der Waals surface area contributed by atoms with Gasteiger partial charge < -0.3 is 11.1 Å². The summed E-state index contributed by atoms with van der Waals surface area (Å²) in [6, 6.07) is 0. The van der Waals surface area contributed by atoms with Gasteiger partial charge in [-0.2, -0.15) is 13.2 Å². The van der Waals surface area contributed by atoms with Crippen LogP contribution in [0.3, 0.4) is 0 Å². The van der Waals surface area contributed by atoms with Gasteiger partial charge in [0.2, 0.25) is 5.82 Å². The highest BCUT2D eigenvalue weighted by molar-refractivity contribution is 5.94. The van der Waals surface area contributed by atoms with E-state index in [2.05, 4.69) is 15.3 Å². The topological polar surface area (TPSA) is 80.9 Å². The van der Waals surface area contributed by atoms with Crippen molar-refractivity contribution in [2.24, 2.45) is 5.73 Å². The molecule has 0 saturated carbocycles. The molecule has 100 valence electrons. The summed E-state index contributed by atoms with van der Waals surface area (Å²) in [4.78, 5) is 18.0. The van der Waals surface area contributed by atoms with Crippen molar-refractivity contribution >= 4 is 5.91 Å². The smallest absolute Gasteiger partial charge is 0.352 e. The van der Waals surface area contributed by atoms with Gasteiger partial charge in [-0.3, -0.25) is 4.79 Å². The highest BCUT2D eigenvalue weighted by Crippen LogP contribution is 2.26. The Balaban J connectivity index is 2.82. The predicted octanol–water partition coefficient (Wildman–Crippen LogP) is 0.882. The molecule has 0 radical (unpaired) electrons. The van der Waals surface area contributed by atoms with Crippen molar-refractivity contribution in [1.82, 2.24) is 15.3 Å². The molecule has 0 bridgehead atoms. The Morgan fingerprint density at radius 2 is 2.17 bits per heavy atom. The number of carbonyl (C=O) groups excluding carboxylic acids is 1. The molecule has 0 aliphatic heterocycles. The van der Waals surface area contributed by atoms with Crippen molar-refractivity contribution < 1.29 is 18.0 Å². The summed E-state index contributed by atoms with van der Waals surface area (Å²) >= 11 is 0. The number of aryl methyl sites for hydroxylation is 1. The molecule has 0 aliphatic rings. The molecule has 1 aromatic heterocycles. The molecule has 3 N–H and O–H groups in total. The van der Waals surface area contributed by atoms with E-state index in [1.54, 1.807) is 0 Å². The van der Waals surface area contributed by atoms with Gasteiger partial charge in [0.1, 0.15) is 0 Å². The molecule has 5 nitrogen and oxygen atoms in total. The highest BCUT2D eigenvalue weighted by Gasteiger charge is 2.35. The first kappa shape index (κ1) is 14.4. The third-order valence-electron chi connectivity index (χ3n) is 2.14. The van der Waals surface area contributed by atoms with Crippen LogP contribution in [0.25, 0.3) is 0 Å².